The fraction of sp³-hybridized carbons (Fsp3) is 0.458. The second-order valence-electron chi connectivity index (χ2n) is 18.1. The van der Waals surface area contributed by atoms with Crippen LogP contribution in [0.15, 0.2) is 84.9 Å². The van der Waals surface area contributed by atoms with Crippen LogP contribution in [0.2, 0.25) is 0 Å². The van der Waals surface area contributed by atoms with Gasteiger partial charge in [-0.2, -0.15) is 0 Å². The highest BCUT2D eigenvalue weighted by Gasteiger charge is 2.48. The predicted molar refractivity (Wildman–Crippen MR) is 224 cm³/mol. The minimum atomic E-state index is -0.509. The van der Waals surface area contributed by atoms with Gasteiger partial charge in [0.05, 0.1) is 85.3 Å². The number of H-pyrrole nitrogens is 2. The molecule has 2 aromatic carbocycles. The van der Waals surface area contributed by atoms with Crippen LogP contribution >= 0.6 is 0 Å². The fourth-order valence-corrected chi connectivity index (χ4v) is 10.1. The Hall–Kier alpha value is -4.50. The highest BCUT2D eigenvalue weighted by molar-refractivity contribution is 5.80. The molecule has 60 heavy (non-hydrogen) atoms. The van der Waals surface area contributed by atoms with Crippen molar-refractivity contribution >= 4 is 22.1 Å². The first kappa shape index (κ1) is 38.4. The molecular weight excluding hydrogens is 761 g/mol. The number of aliphatic hydroxyl groups is 4. The molecule has 4 aromatic heterocycles. The lowest BCUT2D eigenvalue weighted by Crippen LogP contribution is -2.29. The van der Waals surface area contributed by atoms with E-state index in [-0.39, 0.29) is 60.3 Å². The zero-order valence-corrected chi connectivity index (χ0v) is 33.5. The molecule has 4 aliphatic heterocycles. The molecule has 0 bridgehead atoms. The summed E-state index contributed by atoms with van der Waals surface area (Å²) in [6.07, 6.45) is 4.46. The number of rotatable bonds is 10. The van der Waals surface area contributed by atoms with Gasteiger partial charge in [-0.05, 0) is 86.1 Å². The number of ether oxygens (including phenoxy) is 4. The van der Waals surface area contributed by atoms with Gasteiger partial charge in [-0.1, -0.05) is 48.5 Å². The zero-order valence-electron chi connectivity index (χ0n) is 33.5. The van der Waals surface area contributed by atoms with Crippen molar-refractivity contribution in [2.75, 3.05) is 39.6 Å². The lowest BCUT2D eigenvalue weighted by molar-refractivity contribution is 0.0169. The number of hydrogen-bond donors (Lipinski definition) is 6. The minimum absolute atomic E-state index is 0.00646. The van der Waals surface area contributed by atoms with E-state index in [0.717, 1.165) is 94.5 Å². The van der Waals surface area contributed by atoms with Crippen LogP contribution in [0.3, 0.4) is 0 Å². The lowest BCUT2D eigenvalue weighted by atomic mass is 9.95. The van der Waals surface area contributed by atoms with Gasteiger partial charge in [0.2, 0.25) is 0 Å². The van der Waals surface area contributed by atoms with E-state index >= 15 is 0 Å². The molecule has 0 radical (unpaired) electrons. The van der Waals surface area contributed by atoms with Crippen LogP contribution in [0.5, 0.6) is 0 Å². The summed E-state index contributed by atoms with van der Waals surface area (Å²) < 4.78 is 23.0. The highest BCUT2D eigenvalue weighted by Crippen LogP contribution is 2.49. The first-order valence-corrected chi connectivity index (χ1v) is 21.5. The third-order valence-corrected chi connectivity index (χ3v) is 14.2. The number of aliphatic hydroxyl groups excluding tert-OH is 4. The van der Waals surface area contributed by atoms with E-state index in [2.05, 4.69) is 82.8 Å². The molecule has 4 saturated heterocycles. The van der Waals surface area contributed by atoms with Gasteiger partial charge >= 0.3 is 0 Å². The number of aromatic nitrogens is 4. The van der Waals surface area contributed by atoms with Crippen molar-refractivity contribution in [3.05, 3.63) is 107 Å². The van der Waals surface area contributed by atoms with Gasteiger partial charge in [-0.15, -0.1) is 0 Å². The van der Waals surface area contributed by atoms with E-state index in [4.69, 9.17) is 28.9 Å². The van der Waals surface area contributed by atoms with E-state index in [9.17, 15) is 20.4 Å². The highest BCUT2D eigenvalue weighted by atomic mass is 16.6. The van der Waals surface area contributed by atoms with Gasteiger partial charge < -0.3 is 49.3 Å². The summed E-state index contributed by atoms with van der Waals surface area (Å²) >= 11 is 0. The lowest BCUT2D eigenvalue weighted by Gasteiger charge is -2.14. The SMILES string of the molecule is OCC1(c2ccc(-c3ccc4[nH]c(CC5CO[C@@H]6C(O)CO[C@H]56)cc4n3)cc2)CC1.OCC1(c2ccc(-c3ccc4[nH]c(CC5CO[C@@H]6C(O)CO[C@H]56)cc4n3)cc2)CC1. The normalized spacial score (nSPS) is 29.4. The molecule has 12 heteroatoms. The van der Waals surface area contributed by atoms with Gasteiger partial charge in [-0.25, -0.2) is 9.97 Å². The molecular formula is C48H52N4O8. The smallest absolute Gasteiger partial charge is 0.112 e. The Morgan fingerprint density at radius 2 is 0.917 bits per heavy atom. The molecule has 0 amide bonds. The van der Waals surface area contributed by atoms with Crippen molar-refractivity contribution in [2.45, 2.75) is 86.0 Å². The molecule has 0 spiro atoms. The maximum Gasteiger partial charge on any atom is 0.112 e. The van der Waals surface area contributed by atoms with Crippen molar-refractivity contribution in [1.29, 1.82) is 0 Å². The van der Waals surface area contributed by atoms with Crippen molar-refractivity contribution < 1.29 is 39.4 Å². The first-order chi connectivity index (χ1) is 29.3. The van der Waals surface area contributed by atoms with Crippen molar-refractivity contribution in [3.63, 3.8) is 0 Å². The maximum absolute atomic E-state index is 9.94. The summed E-state index contributed by atoms with van der Waals surface area (Å²) in [6, 6.07) is 29.4. The maximum atomic E-state index is 9.94. The summed E-state index contributed by atoms with van der Waals surface area (Å²) in [4.78, 5) is 16.7. The van der Waals surface area contributed by atoms with E-state index < -0.39 is 12.2 Å². The average Bonchev–Trinajstić information content (AvgIpc) is 3.78. The third kappa shape index (κ3) is 6.97. The van der Waals surface area contributed by atoms with Gasteiger partial charge in [-0.3, -0.25) is 0 Å². The van der Waals surface area contributed by atoms with Crippen molar-refractivity contribution in [2.24, 2.45) is 11.8 Å². The Balaban J connectivity index is 0.000000136. The summed E-state index contributed by atoms with van der Waals surface area (Å²) in [5, 5.41) is 39.1. The summed E-state index contributed by atoms with van der Waals surface area (Å²) in [7, 11) is 0. The van der Waals surface area contributed by atoms with Gasteiger partial charge in [0.15, 0.2) is 0 Å². The molecule has 312 valence electrons. The molecule has 4 unspecified atom stereocenters. The molecule has 8 heterocycles. The summed E-state index contributed by atoms with van der Waals surface area (Å²) in [5.41, 5.74) is 12.6. The number of fused-ring (bicyclic) bond motifs is 4. The molecule has 6 aromatic rings. The number of nitrogens with zero attached hydrogens (tertiary/aromatic N) is 2. The van der Waals surface area contributed by atoms with Crippen LogP contribution in [0, 0.1) is 11.8 Å². The largest absolute Gasteiger partial charge is 0.395 e. The van der Waals surface area contributed by atoms with Crippen LogP contribution < -0.4 is 0 Å². The zero-order chi connectivity index (χ0) is 40.6. The van der Waals surface area contributed by atoms with Crippen LogP contribution in [0.4, 0.5) is 0 Å². The van der Waals surface area contributed by atoms with Crippen molar-refractivity contribution in [1.82, 2.24) is 19.9 Å². The molecule has 12 nitrogen and oxygen atoms in total. The van der Waals surface area contributed by atoms with E-state index in [1.54, 1.807) is 0 Å². The Morgan fingerprint density at radius 1 is 0.517 bits per heavy atom. The number of pyridine rings is 2. The number of benzene rings is 2. The molecule has 6 fully saturated rings. The standard InChI is InChI=1S/2C24H26N2O4/c2*27-13-24(7-8-24)16-3-1-14(2-4-16)18-5-6-19-20(26-18)10-17(25-19)9-15-11-29-23-21(28)12-30-22(15)23/h2*1-6,10,15,21-23,25,27-28H,7-9,11-13H2/t2*15?,21?,22-,23-/m11/s1. The van der Waals surface area contributed by atoms with Gasteiger partial charge in [0.25, 0.3) is 0 Å². The number of hydrogen-bond acceptors (Lipinski definition) is 10. The number of aromatic amines is 2. The van der Waals surface area contributed by atoms with Crippen LogP contribution in [-0.2, 0) is 42.6 Å². The second-order valence-corrected chi connectivity index (χ2v) is 18.1. The summed E-state index contributed by atoms with van der Waals surface area (Å²) in [6.45, 7) is 2.40. The van der Waals surface area contributed by atoms with E-state index in [1.807, 2.05) is 12.1 Å². The topological polar surface area (TPSA) is 175 Å². The molecule has 2 aliphatic carbocycles. The average molecular weight is 813 g/mol. The number of nitrogens with one attached hydrogen (secondary N) is 2. The van der Waals surface area contributed by atoms with Gasteiger partial charge in [0, 0.05) is 45.2 Å². The van der Waals surface area contributed by atoms with Crippen LogP contribution in [0.1, 0.15) is 48.2 Å². The minimum Gasteiger partial charge on any atom is -0.395 e. The Bertz CT molecular complexity index is 2320. The second kappa shape index (κ2) is 15.1. The molecule has 6 N–H and O–H groups in total. The van der Waals surface area contributed by atoms with E-state index in [0.29, 0.717) is 26.4 Å². The summed E-state index contributed by atoms with van der Waals surface area (Å²) in [5.74, 6) is 0.488. The molecule has 8 atom stereocenters. The van der Waals surface area contributed by atoms with Gasteiger partial charge in [0.1, 0.15) is 24.4 Å². The predicted octanol–water partition coefficient (Wildman–Crippen LogP) is 5.14. The first-order valence-electron chi connectivity index (χ1n) is 21.5. The van der Waals surface area contributed by atoms with Crippen molar-refractivity contribution in [3.8, 4) is 22.5 Å². The Morgan fingerprint density at radius 3 is 1.30 bits per heavy atom. The monoisotopic (exact) mass is 812 g/mol. The quantitative estimate of drug-likeness (QED) is 0.109. The fourth-order valence-electron chi connectivity index (χ4n) is 10.1. The third-order valence-electron chi connectivity index (χ3n) is 14.2. The Labute approximate surface area is 347 Å². The van der Waals surface area contributed by atoms with Crippen LogP contribution in [-0.4, -0.2) is 117 Å². The Kier molecular flexibility index (Phi) is 9.70. The molecule has 6 aliphatic rings. The molecule has 12 rings (SSSR count). The molecule has 2 saturated carbocycles. The van der Waals surface area contributed by atoms with Crippen LogP contribution in [0.25, 0.3) is 44.6 Å². The van der Waals surface area contributed by atoms with E-state index in [1.165, 1.54) is 11.1 Å².